The maximum absolute atomic E-state index is 5.33. The summed E-state index contributed by atoms with van der Waals surface area (Å²) in [6, 6.07) is 0. The van der Waals surface area contributed by atoms with Crippen molar-refractivity contribution >= 4 is 21.6 Å². The first-order chi connectivity index (χ1) is 6.06. The van der Waals surface area contributed by atoms with E-state index in [1.165, 1.54) is 0 Å². The molecule has 0 unspecified atom stereocenters. The number of hydrogen-bond acceptors (Lipinski definition) is 4. The fraction of sp³-hybridized carbons (Fsp3) is 1.00. The van der Waals surface area contributed by atoms with Gasteiger partial charge in [-0.05, 0) is 0 Å². The van der Waals surface area contributed by atoms with Crippen LogP contribution in [0.5, 0.6) is 0 Å². The quantitative estimate of drug-likeness (QED) is 0.489. The van der Waals surface area contributed by atoms with Crippen LogP contribution in [0.15, 0.2) is 0 Å². The molecule has 0 fully saturated rings. The topological polar surface area (TPSA) is 18.5 Å². The van der Waals surface area contributed by atoms with E-state index in [0.29, 0.717) is 18.0 Å². The first-order valence-electron chi connectivity index (χ1n) is 4.43. The smallest absolute Gasteiger partial charge is 0.0700 e. The van der Waals surface area contributed by atoms with Crippen LogP contribution in [-0.4, -0.2) is 37.4 Å². The highest BCUT2D eigenvalue weighted by atomic mass is 33.1. The average molecular weight is 224 g/mol. The van der Waals surface area contributed by atoms with Crippen LogP contribution in [0.1, 0.15) is 20.8 Å². The van der Waals surface area contributed by atoms with Gasteiger partial charge in [0, 0.05) is 17.6 Å². The number of hydrogen-bond donors (Lipinski definition) is 0. The molecule has 0 aromatic rings. The zero-order valence-electron chi connectivity index (χ0n) is 8.96. The van der Waals surface area contributed by atoms with E-state index >= 15 is 0 Å². The minimum Gasteiger partial charge on any atom is -0.382 e. The third-order valence-corrected chi connectivity index (χ3v) is 4.36. The van der Waals surface area contributed by atoms with E-state index in [1.807, 2.05) is 21.6 Å². The summed E-state index contributed by atoms with van der Waals surface area (Å²) >= 11 is 0. The maximum Gasteiger partial charge on any atom is 0.0700 e. The van der Waals surface area contributed by atoms with Crippen molar-refractivity contribution in [3.05, 3.63) is 0 Å². The van der Waals surface area contributed by atoms with Crippen molar-refractivity contribution in [2.24, 2.45) is 0 Å². The first-order valence-corrected chi connectivity index (χ1v) is 6.75. The molecule has 0 aliphatic carbocycles. The highest BCUT2D eigenvalue weighted by Crippen LogP contribution is 2.34. The first kappa shape index (κ1) is 13.6. The second kappa shape index (κ2) is 7.97. The van der Waals surface area contributed by atoms with E-state index in [2.05, 4.69) is 20.8 Å². The molecule has 0 amide bonds. The number of methoxy groups -OCH3 is 1. The van der Waals surface area contributed by atoms with Gasteiger partial charge in [-0.15, -0.1) is 0 Å². The van der Waals surface area contributed by atoms with Gasteiger partial charge in [0.2, 0.25) is 0 Å². The van der Waals surface area contributed by atoms with Crippen LogP contribution < -0.4 is 0 Å². The monoisotopic (exact) mass is 224 g/mol. The minimum atomic E-state index is 0.344. The summed E-state index contributed by atoms with van der Waals surface area (Å²) in [5.41, 5.74) is 0. The highest BCUT2D eigenvalue weighted by Gasteiger charge is 2.10. The van der Waals surface area contributed by atoms with Crippen molar-refractivity contribution in [2.75, 3.05) is 32.7 Å². The lowest BCUT2D eigenvalue weighted by atomic mass is 10.3. The molecule has 0 spiro atoms. The average Bonchev–Trinajstić information content (AvgIpc) is 2.01. The van der Waals surface area contributed by atoms with Crippen LogP contribution in [0, 0.1) is 0 Å². The molecule has 4 heteroatoms. The Morgan fingerprint density at radius 1 is 1.08 bits per heavy atom. The molecule has 0 aliphatic rings. The molecule has 0 rings (SSSR count). The van der Waals surface area contributed by atoms with Crippen LogP contribution >= 0.6 is 21.6 Å². The summed E-state index contributed by atoms with van der Waals surface area (Å²) in [6.45, 7) is 8.87. The van der Waals surface area contributed by atoms with Gasteiger partial charge in [-0.3, -0.25) is 0 Å². The Balaban J connectivity index is 3.00. The Bertz CT molecular complexity index is 113. The van der Waals surface area contributed by atoms with Gasteiger partial charge in [0.15, 0.2) is 0 Å². The van der Waals surface area contributed by atoms with Crippen molar-refractivity contribution < 1.29 is 9.47 Å². The van der Waals surface area contributed by atoms with Crippen molar-refractivity contribution in [1.29, 1.82) is 0 Å². The summed E-state index contributed by atoms with van der Waals surface area (Å²) in [7, 11) is 5.46. The summed E-state index contributed by atoms with van der Waals surface area (Å²) < 4.78 is 10.5. The molecule has 0 atom stereocenters. The van der Waals surface area contributed by atoms with Gasteiger partial charge in [0.05, 0.1) is 19.8 Å². The molecule has 0 aromatic carbocycles. The molecule has 0 saturated heterocycles. The molecule has 2 nitrogen and oxygen atoms in total. The van der Waals surface area contributed by atoms with Gasteiger partial charge in [-0.2, -0.15) is 0 Å². The fourth-order valence-corrected chi connectivity index (χ4v) is 2.69. The molecule has 0 N–H and O–H groups in total. The third kappa shape index (κ3) is 12.6. The molecule has 0 aromatic heterocycles. The van der Waals surface area contributed by atoms with Gasteiger partial charge in [0.1, 0.15) is 0 Å². The lowest BCUT2D eigenvalue weighted by Crippen LogP contribution is -2.07. The van der Waals surface area contributed by atoms with E-state index in [-0.39, 0.29) is 0 Å². The second-order valence-electron chi connectivity index (χ2n) is 3.62. The van der Waals surface area contributed by atoms with Crippen LogP contribution in [0.4, 0.5) is 0 Å². The van der Waals surface area contributed by atoms with E-state index in [1.54, 1.807) is 7.11 Å². The van der Waals surface area contributed by atoms with E-state index in [0.717, 1.165) is 12.4 Å². The molecule has 0 aliphatic heterocycles. The van der Waals surface area contributed by atoms with E-state index < -0.39 is 0 Å². The van der Waals surface area contributed by atoms with Gasteiger partial charge < -0.3 is 9.47 Å². The predicted molar refractivity (Wildman–Crippen MR) is 62.5 cm³/mol. The SMILES string of the molecule is COCCOCCSSC(C)(C)C. The Morgan fingerprint density at radius 3 is 2.31 bits per heavy atom. The van der Waals surface area contributed by atoms with Crippen LogP contribution in [0.3, 0.4) is 0 Å². The largest absolute Gasteiger partial charge is 0.382 e. The van der Waals surface area contributed by atoms with Gasteiger partial charge in [-0.25, -0.2) is 0 Å². The molecule has 0 saturated carbocycles. The Morgan fingerprint density at radius 2 is 1.77 bits per heavy atom. The van der Waals surface area contributed by atoms with Crippen LogP contribution in [0.2, 0.25) is 0 Å². The van der Waals surface area contributed by atoms with Gasteiger partial charge in [-0.1, -0.05) is 42.4 Å². The Labute approximate surface area is 89.5 Å². The molecule has 0 heterocycles. The molecular weight excluding hydrogens is 204 g/mol. The Kier molecular flexibility index (Phi) is 8.35. The van der Waals surface area contributed by atoms with Gasteiger partial charge >= 0.3 is 0 Å². The zero-order chi connectivity index (χ0) is 10.2. The summed E-state index contributed by atoms with van der Waals surface area (Å²) in [4.78, 5) is 0. The second-order valence-corrected chi connectivity index (χ2v) is 6.87. The molecule has 80 valence electrons. The van der Waals surface area contributed by atoms with E-state index in [4.69, 9.17) is 9.47 Å². The summed E-state index contributed by atoms with van der Waals surface area (Å²) in [6.07, 6.45) is 0. The summed E-state index contributed by atoms with van der Waals surface area (Å²) in [5, 5.41) is 0. The highest BCUT2D eigenvalue weighted by molar-refractivity contribution is 8.77. The fourth-order valence-electron chi connectivity index (χ4n) is 0.556. The van der Waals surface area contributed by atoms with Crippen molar-refractivity contribution in [1.82, 2.24) is 0 Å². The van der Waals surface area contributed by atoms with Crippen molar-refractivity contribution in [3.63, 3.8) is 0 Å². The molecule has 13 heavy (non-hydrogen) atoms. The predicted octanol–water partition coefficient (Wildman–Crippen LogP) is 2.83. The van der Waals surface area contributed by atoms with Crippen molar-refractivity contribution in [3.8, 4) is 0 Å². The summed E-state index contributed by atoms with van der Waals surface area (Å²) in [5.74, 6) is 1.05. The van der Waals surface area contributed by atoms with Gasteiger partial charge in [0.25, 0.3) is 0 Å². The zero-order valence-corrected chi connectivity index (χ0v) is 10.6. The Hall–Kier alpha value is 0.620. The molecule has 0 radical (unpaired) electrons. The standard InChI is InChI=1S/C9H20O2S2/c1-9(2,3)13-12-8-7-11-6-5-10-4/h5-8H2,1-4H3. The lowest BCUT2D eigenvalue weighted by Gasteiger charge is -2.15. The number of ether oxygens (including phenoxy) is 2. The molecule has 0 bridgehead atoms. The van der Waals surface area contributed by atoms with Crippen LogP contribution in [-0.2, 0) is 9.47 Å². The molecular formula is C9H20O2S2. The normalized spacial score (nSPS) is 12.0. The minimum absolute atomic E-state index is 0.344. The van der Waals surface area contributed by atoms with Crippen molar-refractivity contribution in [2.45, 2.75) is 25.5 Å². The lowest BCUT2D eigenvalue weighted by molar-refractivity contribution is 0.0791. The maximum atomic E-state index is 5.33. The van der Waals surface area contributed by atoms with E-state index in [9.17, 15) is 0 Å². The third-order valence-electron chi connectivity index (χ3n) is 1.05. The number of rotatable bonds is 7. The van der Waals surface area contributed by atoms with Crippen LogP contribution in [0.25, 0.3) is 0 Å².